The van der Waals surface area contributed by atoms with Gasteiger partial charge in [0.25, 0.3) is 0 Å². The van der Waals surface area contributed by atoms with Crippen molar-refractivity contribution < 1.29 is 0 Å². The molecule has 0 saturated heterocycles. The summed E-state index contributed by atoms with van der Waals surface area (Å²) >= 11 is 3.36. The van der Waals surface area contributed by atoms with E-state index in [0.717, 1.165) is 28.3 Å². The van der Waals surface area contributed by atoms with Crippen LogP contribution in [0.4, 0.5) is 5.82 Å². The van der Waals surface area contributed by atoms with Crippen LogP contribution in [0.2, 0.25) is 0 Å². The van der Waals surface area contributed by atoms with Gasteiger partial charge in [0.05, 0.1) is 10.2 Å². The molecule has 0 aromatic carbocycles. The van der Waals surface area contributed by atoms with Crippen molar-refractivity contribution in [2.24, 2.45) is 5.92 Å². The molecule has 14 heavy (non-hydrogen) atoms. The molecular weight excluding hydrogens is 242 g/mol. The van der Waals surface area contributed by atoms with Gasteiger partial charge in [0, 0.05) is 6.42 Å². The lowest BCUT2D eigenvalue weighted by atomic mass is 9.83. The molecule has 0 spiro atoms. The molecule has 4 heteroatoms. The van der Waals surface area contributed by atoms with E-state index in [2.05, 4.69) is 25.9 Å². The predicted octanol–water partition coefficient (Wildman–Crippen LogP) is 2.47. The van der Waals surface area contributed by atoms with E-state index in [1.54, 1.807) is 0 Å². The minimum absolute atomic E-state index is 0.562. The van der Waals surface area contributed by atoms with Gasteiger partial charge >= 0.3 is 0 Å². The number of halogens is 1. The number of rotatable bonds is 2. The van der Waals surface area contributed by atoms with Crippen molar-refractivity contribution in [3.05, 3.63) is 16.0 Å². The van der Waals surface area contributed by atoms with E-state index in [9.17, 15) is 0 Å². The Hall–Kier alpha value is -0.640. The van der Waals surface area contributed by atoms with Crippen LogP contribution in [0, 0.1) is 12.8 Å². The van der Waals surface area contributed by atoms with E-state index >= 15 is 0 Å². The van der Waals surface area contributed by atoms with Crippen molar-refractivity contribution in [1.82, 2.24) is 9.97 Å². The number of hydrogen-bond donors (Lipinski definition) is 1. The average molecular weight is 256 g/mol. The summed E-state index contributed by atoms with van der Waals surface area (Å²) in [5.74, 6) is 2.25. The van der Waals surface area contributed by atoms with E-state index in [0.29, 0.717) is 5.82 Å². The molecule has 0 unspecified atom stereocenters. The highest BCUT2D eigenvalue weighted by atomic mass is 79.9. The van der Waals surface area contributed by atoms with Crippen LogP contribution in [0.15, 0.2) is 4.47 Å². The standard InChI is InChI=1S/C10H14BrN3/c1-6-9(11)10(12)14-8(13-6)5-7-3-2-4-7/h7H,2-5H2,1H3,(H2,12,13,14). The highest BCUT2D eigenvalue weighted by Gasteiger charge is 2.19. The fourth-order valence-corrected chi connectivity index (χ4v) is 1.86. The number of hydrogen-bond acceptors (Lipinski definition) is 3. The molecule has 76 valence electrons. The number of anilines is 1. The third-order valence-corrected chi connectivity index (χ3v) is 3.76. The molecule has 1 aromatic rings. The van der Waals surface area contributed by atoms with Gasteiger partial charge in [-0.25, -0.2) is 9.97 Å². The maximum Gasteiger partial charge on any atom is 0.141 e. The van der Waals surface area contributed by atoms with Crippen molar-refractivity contribution in [2.45, 2.75) is 32.6 Å². The Bertz CT molecular complexity index is 324. The second-order valence-electron chi connectivity index (χ2n) is 3.93. The normalized spacial score (nSPS) is 16.7. The van der Waals surface area contributed by atoms with Gasteiger partial charge in [-0.05, 0) is 28.8 Å². The molecule has 1 aliphatic carbocycles. The predicted molar refractivity (Wildman–Crippen MR) is 59.9 cm³/mol. The highest BCUT2D eigenvalue weighted by Crippen LogP contribution is 2.29. The van der Waals surface area contributed by atoms with Gasteiger partial charge in [0.1, 0.15) is 11.6 Å². The maximum absolute atomic E-state index is 5.76. The number of aryl methyl sites for hydroxylation is 1. The molecule has 0 amide bonds. The zero-order valence-corrected chi connectivity index (χ0v) is 9.84. The first kappa shape index (κ1) is 9.90. The summed E-state index contributed by atoms with van der Waals surface area (Å²) in [6, 6.07) is 0. The molecule has 1 fully saturated rings. The molecule has 0 bridgehead atoms. The second-order valence-corrected chi connectivity index (χ2v) is 4.72. The van der Waals surface area contributed by atoms with Gasteiger partial charge in [-0.1, -0.05) is 19.3 Å². The molecule has 1 saturated carbocycles. The lowest BCUT2D eigenvalue weighted by Crippen LogP contribution is -2.16. The Morgan fingerprint density at radius 1 is 1.43 bits per heavy atom. The van der Waals surface area contributed by atoms with Gasteiger partial charge in [0.15, 0.2) is 0 Å². The zero-order chi connectivity index (χ0) is 10.1. The molecule has 0 aliphatic heterocycles. The lowest BCUT2D eigenvalue weighted by Gasteiger charge is -2.24. The van der Waals surface area contributed by atoms with Crippen LogP contribution in [0.3, 0.4) is 0 Å². The lowest BCUT2D eigenvalue weighted by molar-refractivity contribution is 0.309. The number of nitrogens with two attached hydrogens (primary N) is 1. The minimum Gasteiger partial charge on any atom is -0.383 e. The monoisotopic (exact) mass is 255 g/mol. The fraction of sp³-hybridized carbons (Fsp3) is 0.600. The van der Waals surface area contributed by atoms with Crippen LogP contribution in [0.5, 0.6) is 0 Å². The SMILES string of the molecule is Cc1nc(CC2CCC2)nc(N)c1Br. The summed E-state index contributed by atoms with van der Waals surface area (Å²) in [7, 11) is 0. The van der Waals surface area contributed by atoms with E-state index in [4.69, 9.17) is 5.73 Å². The molecule has 2 rings (SSSR count). The van der Waals surface area contributed by atoms with Crippen LogP contribution in [0.1, 0.15) is 30.8 Å². The largest absolute Gasteiger partial charge is 0.383 e. The Kier molecular flexibility index (Phi) is 2.72. The fourth-order valence-electron chi connectivity index (χ4n) is 1.69. The molecule has 1 aliphatic rings. The van der Waals surface area contributed by atoms with E-state index in [1.165, 1.54) is 19.3 Å². The van der Waals surface area contributed by atoms with Crippen LogP contribution in [-0.2, 0) is 6.42 Å². The molecule has 3 nitrogen and oxygen atoms in total. The molecular formula is C10H14BrN3. The number of nitrogen functional groups attached to an aromatic ring is 1. The molecule has 1 heterocycles. The maximum atomic E-state index is 5.76. The first-order chi connectivity index (χ1) is 6.66. The quantitative estimate of drug-likeness (QED) is 0.884. The zero-order valence-electron chi connectivity index (χ0n) is 8.26. The van der Waals surface area contributed by atoms with Gasteiger partial charge in [-0.3, -0.25) is 0 Å². The van der Waals surface area contributed by atoms with Crippen molar-refractivity contribution in [3.63, 3.8) is 0 Å². The van der Waals surface area contributed by atoms with Crippen molar-refractivity contribution in [3.8, 4) is 0 Å². The first-order valence-electron chi connectivity index (χ1n) is 4.95. The van der Waals surface area contributed by atoms with Crippen molar-refractivity contribution >= 4 is 21.7 Å². The molecule has 0 radical (unpaired) electrons. The Balaban J connectivity index is 2.17. The second kappa shape index (κ2) is 3.85. The smallest absolute Gasteiger partial charge is 0.141 e. The van der Waals surface area contributed by atoms with E-state index in [-0.39, 0.29) is 0 Å². The summed E-state index contributed by atoms with van der Waals surface area (Å²) in [6.07, 6.45) is 4.98. The third-order valence-electron chi connectivity index (χ3n) is 2.78. The van der Waals surface area contributed by atoms with Crippen LogP contribution in [-0.4, -0.2) is 9.97 Å². The van der Waals surface area contributed by atoms with Crippen LogP contribution >= 0.6 is 15.9 Å². The molecule has 0 atom stereocenters. The van der Waals surface area contributed by atoms with Crippen LogP contribution in [0.25, 0.3) is 0 Å². The van der Waals surface area contributed by atoms with Crippen LogP contribution < -0.4 is 5.73 Å². The van der Waals surface area contributed by atoms with Gasteiger partial charge in [-0.2, -0.15) is 0 Å². The average Bonchev–Trinajstić information content (AvgIpc) is 2.07. The molecule has 2 N–H and O–H groups in total. The topological polar surface area (TPSA) is 51.8 Å². The Labute approximate surface area is 92.3 Å². The summed E-state index contributed by atoms with van der Waals surface area (Å²) < 4.78 is 0.829. The Morgan fingerprint density at radius 2 is 2.14 bits per heavy atom. The first-order valence-corrected chi connectivity index (χ1v) is 5.74. The van der Waals surface area contributed by atoms with E-state index < -0.39 is 0 Å². The van der Waals surface area contributed by atoms with E-state index in [1.807, 2.05) is 6.92 Å². The summed E-state index contributed by atoms with van der Waals surface area (Å²) in [6.45, 7) is 1.95. The van der Waals surface area contributed by atoms with Crippen molar-refractivity contribution in [2.75, 3.05) is 5.73 Å². The number of aromatic nitrogens is 2. The Morgan fingerprint density at radius 3 is 2.64 bits per heavy atom. The summed E-state index contributed by atoms with van der Waals surface area (Å²) in [5, 5.41) is 0. The summed E-state index contributed by atoms with van der Waals surface area (Å²) in [4.78, 5) is 8.69. The van der Waals surface area contributed by atoms with Gasteiger partial charge in [-0.15, -0.1) is 0 Å². The minimum atomic E-state index is 0.562. The summed E-state index contributed by atoms with van der Waals surface area (Å²) in [5.41, 5.74) is 6.70. The highest BCUT2D eigenvalue weighted by molar-refractivity contribution is 9.10. The number of nitrogens with zero attached hydrogens (tertiary/aromatic N) is 2. The van der Waals surface area contributed by atoms with Crippen molar-refractivity contribution in [1.29, 1.82) is 0 Å². The van der Waals surface area contributed by atoms with Gasteiger partial charge in [0.2, 0.25) is 0 Å². The third kappa shape index (κ3) is 1.90. The van der Waals surface area contributed by atoms with Gasteiger partial charge < -0.3 is 5.73 Å². The molecule has 1 aromatic heterocycles.